The number of halogens is 2. The Kier molecular flexibility index (Phi) is 3.43. The van der Waals surface area contributed by atoms with Crippen molar-refractivity contribution in [1.82, 2.24) is 4.90 Å². The van der Waals surface area contributed by atoms with E-state index in [1.165, 1.54) is 6.07 Å². The number of rotatable bonds is 3. The highest BCUT2D eigenvalue weighted by molar-refractivity contribution is 9.10. The van der Waals surface area contributed by atoms with Crippen molar-refractivity contribution >= 4 is 22.0 Å². The Balaban J connectivity index is 1.94. The number of ether oxygens (including phenoxy) is 1. The predicted molar refractivity (Wildman–Crippen MR) is 60.7 cm³/mol. The highest BCUT2D eigenvalue weighted by Gasteiger charge is 2.21. The second-order valence-electron chi connectivity index (χ2n) is 3.60. The molecule has 1 aromatic rings. The fourth-order valence-electron chi connectivity index (χ4n) is 1.59. The lowest BCUT2D eigenvalue weighted by Crippen LogP contribution is -2.26. The van der Waals surface area contributed by atoms with Crippen molar-refractivity contribution in [2.45, 2.75) is 6.42 Å². The number of hydrogen-bond acceptors (Lipinski definition) is 2. The van der Waals surface area contributed by atoms with Crippen LogP contribution in [0.2, 0.25) is 0 Å². The van der Waals surface area contributed by atoms with Crippen molar-refractivity contribution < 1.29 is 13.9 Å². The number of carbonyl (C=O) groups excluding carboxylic acids is 1. The Labute approximate surface area is 101 Å². The van der Waals surface area contributed by atoms with Gasteiger partial charge in [-0.1, -0.05) is 6.07 Å². The van der Waals surface area contributed by atoms with Crippen LogP contribution in [0.25, 0.3) is 0 Å². The molecule has 86 valence electrons. The number of hydrogen-bond donors (Lipinski definition) is 0. The summed E-state index contributed by atoms with van der Waals surface area (Å²) in [6.07, 6.45) is 0.440. The molecule has 16 heavy (non-hydrogen) atoms. The molecule has 0 unspecified atom stereocenters. The first kappa shape index (κ1) is 11.4. The lowest BCUT2D eigenvalue weighted by Gasteiger charge is -2.12. The predicted octanol–water partition coefficient (Wildman–Crippen LogP) is 2.58. The van der Waals surface area contributed by atoms with E-state index in [0.717, 1.165) is 5.56 Å². The van der Waals surface area contributed by atoms with E-state index >= 15 is 0 Å². The fourth-order valence-corrected chi connectivity index (χ4v) is 2.01. The Morgan fingerprint density at radius 3 is 2.94 bits per heavy atom. The molecule has 0 radical (unpaired) electrons. The minimum absolute atomic E-state index is 0.263. The Bertz CT molecular complexity index is 411. The van der Waals surface area contributed by atoms with Crippen LogP contribution in [0.3, 0.4) is 0 Å². The first-order valence-corrected chi connectivity index (χ1v) is 5.82. The van der Waals surface area contributed by atoms with Gasteiger partial charge in [-0.15, -0.1) is 0 Å². The Hall–Kier alpha value is -1.10. The van der Waals surface area contributed by atoms with Crippen LogP contribution in [0.1, 0.15) is 5.56 Å². The molecule has 3 nitrogen and oxygen atoms in total. The first-order chi connectivity index (χ1) is 7.66. The molecule has 0 spiro atoms. The lowest BCUT2D eigenvalue weighted by molar-refractivity contribution is 0.159. The van der Waals surface area contributed by atoms with Crippen LogP contribution in [-0.2, 0) is 11.2 Å². The largest absolute Gasteiger partial charge is 0.448 e. The van der Waals surface area contributed by atoms with E-state index < -0.39 is 0 Å². The lowest BCUT2D eigenvalue weighted by atomic mass is 10.1. The van der Waals surface area contributed by atoms with Crippen molar-refractivity contribution in [2.75, 3.05) is 19.7 Å². The molecule has 1 fully saturated rings. The van der Waals surface area contributed by atoms with Crippen molar-refractivity contribution in [3.63, 3.8) is 0 Å². The van der Waals surface area contributed by atoms with Crippen LogP contribution in [0, 0.1) is 5.82 Å². The number of nitrogens with zero attached hydrogens (tertiary/aromatic N) is 1. The van der Waals surface area contributed by atoms with Crippen LogP contribution >= 0.6 is 15.9 Å². The van der Waals surface area contributed by atoms with Gasteiger partial charge in [-0.2, -0.15) is 0 Å². The van der Waals surface area contributed by atoms with Crippen molar-refractivity contribution in [3.05, 3.63) is 34.1 Å². The summed E-state index contributed by atoms with van der Waals surface area (Å²) in [6, 6.07) is 4.87. The van der Waals surface area contributed by atoms with Gasteiger partial charge in [-0.25, -0.2) is 9.18 Å². The second kappa shape index (κ2) is 4.82. The second-order valence-corrected chi connectivity index (χ2v) is 4.45. The molecule has 1 aliphatic heterocycles. The molecule has 2 rings (SSSR count). The third kappa shape index (κ3) is 2.52. The van der Waals surface area contributed by atoms with Gasteiger partial charge < -0.3 is 9.64 Å². The highest BCUT2D eigenvalue weighted by atomic mass is 79.9. The molecule has 1 heterocycles. The summed E-state index contributed by atoms with van der Waals surface area (Å²) in [7, 11) is 0. The maximum Gasteiger partial charge on any atom is 0.409 e. The van der Waals surface area contributed by atoms with Gasteiger partial charge in [0.1, 0.15) is 12.4 Å². The summed E-state index contributed by atoms with van der Waals surface area (Å²) >= 11 is 3.13. The van der Waals surface area contributed by atoms with Crippen molar-refractivity contribution in [1.29, 1.82) is 0 Å². The quantitative estimate of drug-likeness (QED) is 0.855. The third-order valence-electron chi connectivity index (χ3n) is 2.50. The molecular formula is C11H11BrFNO2. The van der Waals surface area contributed by atoms with Gasteiger partial charge in [0.2, 0.25) is 0 Å². The van der Waals surface area contributed by atoms with Gasteiger partial charge in [0.15, 0.2) is 0 Å². The van der Waals surface area contributed by atoms with Crippen LogP contribution in [0.5, 0.6) is 0 Å². The fraction of sp³-hybridized carbons (Fsp3) is 0.364. The molecule has 0 bridgehead atoms. The molecule has 0 atom stereocenters. The molecule has 1 amide bonds. The van der Waals surface area contributed by atoms with Gasteiger partial charge >= 0.3 is 6.09 Å². The van der Waals surface area contributed by atoms with Crippen molar-refractivity contribution in [3.8, 4) is 0 Å². The van der Waals surface area contributed by atoms with Crippen LogP contribution in [-0.4, -0.2) is 30.7 Å². The maximum absolute atomic E-state index is 13.0. The van der Waals surface area contributed by atoms with Gasteiger partial charge in [0.05, 0.1) is 11.0 Å². The van der Waals surface area contributed by atoms with Crippen LogP contribution < -0.4 is 0 Å². The van der Waals surface area contributed by atoms with Gasteiger partial charge in [0.25, 0.3) is 0 Å². The molecule has 0 aromatic heterocycles. The van der Waals surface area contributed by atoms with E-state index in [-0.39, 0.29) is 11.9 Å². The van der Waals surface area contributed by atoms with E-state index in [4.69, 9.17) is 4.74 Å². The smallest absolute Gasteiger partial charge is 0.409 e. The molecule has 1 saturated heterocycles. The summed E-state index contributed by atoms with van der Waals surface area (Å²) in [6.45, 7) is 1.71. The summed E-state index contributed by atoms with van der Waals surface area (Å²) in [5.74, 6) is -0.274. The summed E-state index contributed by atoms with van der Waals surface area (Å²) in [5.41, 5.74) is 0.993. The molecule has 1 aromatic carbocycles. The van der Waals surface area contributed by atoms with Gasteiger partial charge in [-0.3, -0.25) is 0 Å². The topological polar surface area (TPSA) is 29.5 Å². The third-order valence-corrected chi connectivity index (χ3v) is 3.11. The molecule has 0 N–H and O–H groups in total. The Morgan fingerprint density at radius 2 is 2.31 bits per heavy atom. The number of amides is 1. The van der Waals surface area contributed by atoms with E-state index in [2.05, 4.69) is 15.9 Å². The SMILES string of the molecule is O=C1OCCN1CCc1ccc(F)c(Br)c1. The zero-order valence-electron chi connectivity index (χ0n) is 8.58. The minimum atomic E-state index is -0.274. The molecule has 5 heteroatoms. The maximum atomic E-state index is 13.0. The molecule has 1 aliphatic rings. The van der Waals surface area contributed by atoms with Crippen LogP contribution in [0.15, 0.2) is 22.7 Å². The zero-order valence-corrected chi connectivity index (χ0v) is 10.2. The van der Waals surface area contributed by atoms with E-state index in [0.29, 0.717) is 30.6 Å². The number of carbonyl (C=O) groups is 1. The summed E-state index contributed by atoms with van der Waals surface area (Å²) < 4.78 is 18.2. The first-order valence-electron chi connectivity index (χ1n) is 5.02. The monoisotopic (exact) mass is 287 g/mol. The summed E-state index contributed by atoms with van der Waals surface area (Å²) in [4.78, 5) is 12.8. The minimum Gasteiger partial charge on any atom is -0.448 e. The van der Waals surface area contributed by atoms with Gasteiger partial charge in [-0.05, 0) is 40.0 Å². The zero-order chi connectivity index (χ0) is 11.5. The summed E-state index contributed by atoms with van der Waals surface area (Å²) in [5, 5.41) is 0. The molecule has 0 aliphatic carbocycles. The number of benzene rings is 1. The normalized spacial score (nSPS) is 15.4. The molecule has 0 saturated carbocycles. The standard InChI is InChI=1S/C11H11BrFNO2/c12-9-7-8(1-2-10(9)13)3-4-14-5-6-16-11(14)15/h1-2,7H,3-6H2. The van der Waals surface area contributed by atoms with E-state index in [9.17, 15) is 9.18 Å². The van der Waals surface area contributed by atoms with Gasteiger partial charge in [0, 0.05) is 6.54 Å². The van der Waals surface area contributed by atoms with Crippen LogP contribution in [0.4, 0.5) is 9.18 Å². The highest BCUT2D eigenvalue weighted by Crippen LogP contribution is 2.17. The number of cyclic esters (lactones) is 1. The average Bonchev–Trinajstić information content (AvgIpc) is 2.66. The van der Waals surface area contributed by atoms with E-state index in [1.807, 2.05) is 0 Å². The molecular weight excluding hydrogens is 277 g/mol. The van der Waals surface area contributed by atoms with E-state index in [1.54, 1.807) is 17.0 Å². The Morgan fingerprint density at radius 1 is 1.50 bits per heavy atom. The average molecular weight is 288 g/mol. The van der Waals surface area contributed by atoms with Crippen molar-refractivity contribution in [2.24, 2.45) is 0 Å².